The maximum absolute atomic E-state index is 13.6. The predicted octanol–water partition coefficient (Wildman–Crippen LogP) is 3.26. The highest BCUT2D eigenvalue weighted by molar-refractivity contribution is 5.92. The van der Waals surface area contributed by atoms with E-state index in [1.807, 2.05) is 6.07 Å². The van der Waals surface area contributed by atoms with Crippen LogP contribution in [0, 0.1) is 5.82 Å². The summed E-state index contributed by atoms with van der Waals surface area (Å²) >= 11 is 0. The predicted molar refractivity (Wildman–Crippen MR) is 112 cm³/mol. The third-order valence-electron chi connectivity index (χ3n) is 5.12. The zero-order valence-corrected chi connectivity index (χ0v) is 17.1. The number of benzene rings is 2. The number of nitrogens with two attached hydrogens (primary N) is 1. The van der Waals surface area contributed by atoms with Crippen molar-refractivity contribution in [3.8, 4) is 22.8 Å². The van der Waals surface area contributed by atoms with E-state index in [0.717, 1.165) is 16.7 Å². The van der Waals surface area contributed by atoms with E-state index in [-0.39, 0.29) is 18.7 Å². The van der Waals surface area contributed by atoms with Gasteiger partial charge in [0.05, 0.1) is 19.9 Å². The van der Waals surface area contributed by atoms with Crippen molar-refractivity contribution in [3.05, 3.63) is 53.3 Å². The summed E-state index contributed by atoms with van der Waals surface area (Å²) in [5, 5.41) is 7.54. The van der Waals surface area contributed by atoms with Gasteiger partial charge in [0.1, 0.15) is 5.82 Å². The van der Waals surface area contributed by atoms with Crippen LogP contribution in [-0.4, -0.2) is 35.8 Å². The van der Waals surface area contributed by atoms with Crippen LogP contribution in [0.1, 0.15) is 28.8 Å². The van der Waals surface area contributed by atoms with Gasteiger partial charge < -0.3 is 20.5 Å². The molecule has 0 bridgehead atoms. The van der Waals surface area contributed by atoms with Crippen LogP contribution in [0.15, 0.2) is 36.4 Å². The largest absolute Gasteiger partial charge is 0.493 e. The highest BCUT2D eigenvalue weighted by atomic mass is 19.1. The molecule has 1 amide bonds. The Kier molecular flexibility index (Phi) is 5.33. The second kappa shape index (κ2) is 8.10. The normalized spacial score (nSPS) is 11.6. The first kappa shape index (κ1) is 20.4. The van der Waals surface area contributed by atoms with E-state index in [9.17, 15) is 14.0 Å². The van der Waals surface area contributed by atoms with Gasteiger partial charge in [-0.05, 0) is 35.9 Å². The number of nitrogens with zero attached hydrogens (tertiary/aromatic N) is 2. The Hall–Kier alpha value is -3.88. The SMILES string of the molecule is COc1cc2c(cc1OC)-c1c(c(Nc3cccc(F)c3)nn1C(=O)CCC(N)=O)C2. The van der Waals surface area contributed by atoms with E-state index in [2.05, 4.69) is 10.4 Å². The highest BCUT2D eigenvalue weighted by Gasteiger charge is 2.31. The molecule has 0 aliphatic heterocycles. The van der Waals surface area contributed by atoms with Gasteiger partial charge in [0.2, 0.25) is 11.8 Å². The van der Waals surface area contributed by atoms with Gasteiger partial charge in [-0.1, -0.05) is 6.07 Å². The first-order valence-electron chi connectivity index (χ1n) is 9.62. The van der Waals surface area contributed by atoms with Gasteiger partial charge in [0.25, 0.3) is 0 Å². The number of amides is 1. The number of halogens is 1. The number of anilines is 2. The van der Waals surface area contributed by atoms with Crippen molar-refractivity contribution in [2.75, 3.05) is 19.5 Å². The summed E-state index contributed by atoms with van der Waals surface area (Å²) in [5.41, 5.74) is 8.80. The molecule has 2 aromatic carbocycles. The van der Waals surface area contributed by atoms with E-state index in [1.165, 1.54) is 23.9 Å². The minimum atomic E-state index is -0.568. The van der Waals surface area contributed by atoms with Gasteiger partial charge in [-0.25, -0.2) is 4.39 Å². The summed E-state index contributed by atoms with van der Waals surface area (Å²) < 4.78 is 25.7. The Morgan fingerprint density at radius 1 is 1.16 bits per heavy atom. The summed E-state index contributed by atoms with van der Waals surface area (Å²) in [7, 11) is 3.09. The number of hydrogen-bond donors (Lipinski definition) is 2. The molecule has 0 atom stereocenters. The number of aromatic nitrogens is 2. The average Bonchev–Trinajstić information content (AvgIpc) is 3.28. The standard InChI is InChI=1S/C22H21FN4O4/c1-30-17-9-12-8-16-21(15(12)11-18(17)31-2)27(20(29)7-6-19(24)28)26-22(16)25-14-5-3-4-13(23)10-14/h3-5,9-11H,6-8H2,1-2H3,(H2,24,28)(H,25,26). The number of methoxy groups -OCH3 is 2. The van der Waals surface area contributed by atoms with Crippen LogP contribution in [0.5, 0.6) is 11.5 Å². The van der Waals surface area contributed by atoms with Crippen LogP contribution in [0.2, 0.25) is 0 Å². The number of carbonyl (C=O) groups excluding carboxylic acids is 2. The number of rotatable bonds is 7. The maximum atomic E-state index is 13.6. The van der Waals surface area contributed by atoms with Crippen molar-refractivity contribution in [1.82, 2.24) is 9.78 Å². The molecule has 1 heterocycles. The fraction of sp³-hybridized carbons (Fsp3) is 0.227. The smallest absolute Gasteiger partial charge is 0.248 e. The third-order valence-corrected chi connectivity index (χ3v) is 5.12. The molecule has 0 unspecified atom stereocenters. The van der Waals surface area contributed by atoms with E-state index < -0.39 is 11.7 Å². The number of hydrogen-bond acceptors (Lipinski definition) is 6. The Labute approximate surface area is 177 Å². The second-order valence-electron chi connectivity index (χ2n) is 7.12. The Morgan fingerprint density at radius 3 is 2.58 bits per heavy atom. The molecular weight excluding hydrogens is 403 g/mol. The molecule has 31 heavy (non-hydrogen) atoms. The lowest BCUT2D eigenvalue weighted by molar-refractivity contribution is -0.118. The van der Waals surface area contributed by atoms with Gasteiger partial charge in [-0.15, -0.1) is 5.10 Å². The molecule has 1 aromatic heterocycles. The summed E-state index contributed by atoms with van der Waals surface area (Å²) in [6, 6.07) is 9.63. The van der Waals surface area contributed by atoms with Crippen molar-refractivity contribution in [2.24, 2.45) is 5.73 Å². The Balaban J connectivity index is 1.81. The highest BCUT2D eigenvalue weighted by Crippen LogP contribution is 2.45. The molecule has 1 aliphatic rings. The number of fused-ring (bicyclic) bond motifs is 3. The molecule has 0 saturated heterocycles. The van der Waals surface area contributed by atoms with Gasteiger partial charge in [-0.2, -0.15) is 4.68 Å². The summed E-state index contributed by atoms with van der Waals surface area (Å²) in [5.74, 6) is 0.197. The lowest BCUT2D eigenvalue weighted by atomic mass is 10.1. The van der Waals surface area contributed by atoms with Crippen molar-refractivity contribution >= 4 is 23.3 Å². The quantitative estimate of drug-likeness (QED) is 0.471. The van der Waals surface area contributed by atoms with Crippen molar-refractivity contribution in [3.63, 3.8) is 0 Å². The molecule has 3 N–H and O–H groups in total. The van der Waals surface area contributed by atoms with Gasteiger partial charge >= 0.3 is 0 Å². The number of ether oxygens (including phenoxy) is 2. The van der Waals surface area contributed by atoms with E-state index >= 15 is 0 Å². The number of carbonyl (C=O) groups is 2. The summed E-state index contributed by atoms with van der Waals surface area (Å²) in [6.07, 6.45) is 0.330. The minimum Gasteiger partial charge on any atom is -0.493 e. The number of nitrogens with one attached hydrogen (secondary N) is 1. The molecule has 8 nitrogen and oxygen atoms in total. The van der Waals surface area contributed by atoms with Gasteiger partial charge in [0, 0.05) is 36.1 Å². The Bertz CT molecular complexity index is 1190. The second-order valence-corrected chi connectivity index (χ2v) is 7.12. The maximum Gasteiger partial charge on any atom is 0.248 e. The zero-order chi connectivity index (χ0) is 22.1. The molecule has 1 aliphatic carbocycles. The average molecular weight is 424 g/mol. The lowest BCUT2D eigenvalue weighted by Crippen LogP contribution is -2.18. The third kappa shape index (κ3) is 3.81. The monoisotopic (exact) mass is 424 g/mol. The molecule has 3 aromatic rings. The molecule has 0 radical (unpaired) electrons. The molecule has 0 saturated carbocycles. The zero-order valence-electron chi connectivity index (χ0n) is 17.1. The topological polar surface area (TPSA) is 108 Å². The molecule has 0 fully saturated rings. The van der Waals surface area contributed by atoms with Crippen LogP contribution in [0.3, 0.4) is 0 Å². The molecule has 9 heteroatoms. The molecule has 0 spiro atoms. The fourth-order valence-corrected chi connectivity index (χ4v) is 3.69. The first-order valence-corrected chi connectivity index (χ1v) is 9.62. The summed E-state index contributed by atoms with van der Waals surface area (Å²) in [4.78, 5) is 24.0. The van der Waals surface area contributed by atoms with Crippen LogP contribution >= 0.6 is 0 Å². The number of primary amides is 1. The fourth-order valence-electron chi connectivity index (χ4n) is 3.69. The van der Waals surface area contributed by atoms with Crippen molar-refractivity contribution < 1.29 is 23.5 Å². The minimum absolute atomic E-state index is 0.0779. The first-order chi connectivity index (χ1) is 14.9. The van der Waals surface area contributed by atoms with Crippen molar-refractivity contribution in [1.29, 1.82) is 0 Å². The van der Waals surface area contributed by atoms with E-state index in [1.54, 1.807) is 25.3 Å². The Morgan fingerprint density at radius 2 is 1.90 bits per heavy atom. The van der Waals surface area contributed by atoms with Crippen LogP contribution < -0.4 is 20.5 Å². The summed E-state index contributed by atoms with van der Waals surface area (Å²) in [6.45, 7) is 0. The van der Waals surface area contributed by atoms with Crippen LogP contribution in [0.25, 0.3) is 11.3 Å². The van der Waals surface area contributed by atoms with Gasteiger partial charge in [0.15, 0.2) is 17.3 Å². The molecule has 160 valence electrons. The molecular formula is C22H21FN4O4. The van der Waals surface area contributed by atoms with E-state index in [4.69, 9.17) is 15.2 Å². The van der Waals surface area contributed by atoms with E-state index in [0.29, 0.717) is 35.1 Å². The van der Waals surface area contributed by atoms with Crippen LogP contribution in [-0.2, 0) is 11.2 Å². The molecule has 4 rings (SSSR count). The lowest BCUT2D eigenvalue weighted by Gasteiger charge is -2.12. The van der Waals surface area contributed by atoms with Crippen molar-refractivity contribution in [2.45, 2.75) is 19.3 Å². The van der Waals surface area contributed by atoms with Gasteiger partial charge in [-0.3, -0.25) is 9.59 Å². The van der Waals surface area contributed by atoms with Crippen LogP contribution in [0.4, 0.5) is 15.9 Å².